The van der Waals surface area contributed by atoms with Crippen molar-refractivity contribution in [2.75, 3.05) is 6.61 Å². The van der Waals surface area contributed by atoms with Crippen molar-refractivity contribution in [3.63, 3.8) is 0 Å². The van der Waals surface area contributed by atoms with Crippen LogP contribution in [-0.2, 0) is 11.2 Å². The first kappa shape index (κ1) is 30.0. The van der Waals surface area contributed by atoms with Gasteiger partial charge >= 0.3 is 0 Å². The number of carbonyl (C=O) groups excluding carboxylic acids is 1. The third kappa shape index (κ3) is 18.8. The molecule has 0 aliphatic heterocycles. The molecule has 0 heterocycles. The van der Waals surface area contributed by atoms with E-state index in [1.54, 1.807) is 0 Å². The summed E-state index contributed by atoms with van der Waals surface area (Å²) < 4.78 is 0. The third-order valence-corrected chi connectivity index (χ3v) is 2.75. The molecule has 2 rings (SSSR count). The Balaban J connectivity index is -0.000000443. The van der Waals surface area contributed by atoms with Crippen molar-refractivity contribution in [3.8, 4) is 0 Å². The Morgan fingerprint density at radius 2 is 1.41 bits per heavy atom. The highest BCUT2D eigenvalue weighted by Gasteiger charge is 2.05. The van der Waals surface area contributed by atoms with Crippen LogP contribution in [0.2, 0.25) is 0 Å². The van der Waals surface area contributed by atoms with Gasteiger partial charge in [-0.25, -0.2) is 0 Å². The molecule has 0 radical (unpaired) electrons. The van der Waals surface area contributed by atoms with Gasteiger partial charge in [0.25, 0.3) is 0 Å². The van der Waals surface area contributed by atoms with Crippen LogP contribution in [0.5, 0.6) is 0 Å². The maximum absolute atomic E-state index is 9.61. The maximum Gasteiger partial charge on any atom is 0.106 e. The molecule has 4 nitrogen and oxygen atoms in total. The lowest BCUT2D eigenvalue weighted by Crippen LogP contribution is -2.26. The van der Waals surface area contributed by atoms with Gasteiger partial charge in [-0.1, -0.05) is 70.2 Å². The number of fused-ring (bicyclic) bond motifs is 1. The summed E-state index contributed by atoms with van der Waals surface area (Å²) in [4.78, 5) is 8.00. The van der Waals surface area contributed by atoms with Gasteiger partial charge in [0.2, 0.25) is 0 Å². The highest BCUT2D eigenvalue weighted by atomic mass is 16.3. The summed E-state index contributed by atoms with van der Waals surface area (Å²) in [5, 5.41) is 20.7. The summed E-state index contributed by atoms with van der Waals surface area (Å²) in [6.45, 7) is 15.9. The summed E-state index contributed by atoms with van der Waals surface area (Å²) in [5.41, 5.74) is 6.46. The van der Waals surface area contributed by atoms with Gasteiger partial charge in [0.1, 0.15) is 6.79 Å². The molecule has 0 fully saturated rings. The first-order valence-electron chi connectivity index (χ1n) is 9.64. The number of rotatable bonds is 4. The molecular formula is C23H41NO3. The van der Waals surface area contributed by atoms with Crippen molar-refractivity contribution in [1.29, 1.82) is 0 Å². The van der Waals surface area contributed by atoms with E-state index in [0.29, 0.717) is 12.8 Å². The Morgan fingerprint density at radius 3 is 1.85 bits per heavy atom. The quantitative estimate of drug-likeness (QED) is 0.716. The zero-order valence-corrected chi connectivity index (χ0v) is 18.3. The van der Waals surface area contributed by atoms with E-state index in [9.17, 15) is 5.11 Å². The minimum Gasteiger partial charge on any atom is -0.396 e. The molecule has 0 spiro atoms. The minimum absolute atomic E-state index is 0. The fourth-order valence-corrected chi connectivity index (χ4v) is 1.89. The van der Waals surface area contributed by atoms with Crippen molar-refractivity contribution >= 4 is 17.6 Å². The molecule has 2 aromatic rings. The molecule has 0 saturated carbocycles. The van der Waals surface area contributed by atoms with E-state index in [1.807, 2.05) is 73.5 Å². The molecule has 0 aliphatic rings. The minimum atomic E-state index is -0.453. The number of benzene rings is 2. The molecule has 0 aromatic heterocycles. The van der Waals surface area contributed by atoms with Gasteiger partial charge in [0, 0.05) is 12.1 Å². The van der Waals surface area contributed by atoms with Crippen molar-refractivity contribution in [2.45, 2.75) is 73.0 Å². The zero-order chi connectivity index (χ0) is 21.9. The second kappa shape index (κ2) is 19.0. The highest BCUT2D eigenvalue weighted by molar-refractivity contribution is 5.82. The molecule has 27 heavy (non-hydrogen) atoms. The van der Waals surface area contributed by atoms with Crippen LogP contribution in [0.4, 0.5) is 0 Å². The van der Waals surface area contributed by atoms with Gasteiger partial charge in [0.15, 0.2) is 0 Å². The molecule has 1 unspecified atom stereocenters. The summed E-state index contributed by atoms with van der Waals surface area (Å²) in [5.74, 6) is 0. The molecule has 0 saturated heterocycles. The van der Waals surface area contributed by atoms with Gasteiger partial charge in [-0.3, -0.25) is 0 Å². The van der Waals surface area contributed by atoms with E-state index in [4.69, 9.17) is 15.6 Å². The van der Waals surface area contributed by atoms with Gasteiger partial charge in [-0.05, 0) is 49.9 Å². The average molecular weight is 380 g/mol. The second-order valence-electron chi connectivity index (χ2n) is 6.42. The molecule has 2 aromatic carbocycles. The molecule has 0 amide bonds. The van der Waals surface area contributed by atoms with Crippen molar-refractivity contribution in [2.24, 2.45) is 5.73 Å². The van der Waals surface area contributed by atoms with Crippen LogP contribution in [-0.4, -0.2) is 35.3 Å². The summed E-state index contributed by atoms with van der Waals surface area (Å²) in [6, 6.07) is 14.4. The lowest BCUT2D eigenvalue weighted by molar-refractivity contribution is -0.0980. The summed E-state index contributed by atoms with van der Waals surface area (Å²) in [6.07, 6.45) is 0.587. The van der Waals surface area contributed by atoms with Crippen LogP contribution in [0, 0.1) is 0 Å². The Bertz CT molecular complexity index is 559. The predicted molar refractivity (Wildman–Crippen MR) is 119 cm³/mol. The number of hydrogen-bond donors (Lipinski definition) is 3. The zero-order valence-electron chi connectivity index (χ0n) is 18.3. The van der Waals surface area contributed by atoms with Gasteiger partial charge in [-0.15, -0.1) is 0 Å². The Morgan fingerprint density at radius 1 is 0.963 bits per heavy atom. The topological polar surface area (TPSA) is 83.6 Å². The fraction of sp³-hybridized carbons (Fsp3) is 0.522. The molecule has 0 bridgehead atoms. The van der Waals surface area contributed by atoms with Crippen molar-refractivity contribution in [3.05, 3.63) is 48.0 Å². The van der Waals surface area contributed by atoms with Gasteiger partial charge < -0.3 is 20.7 Å². The molecular weight excluding hydrogens is 338 g/mol. The molecule has 4 N–H and O–H groups in total. The van der Waals surface area contributed by atoms with Crippen LogP contribution in [0.15, 0.2) is 42.5 Å². The number of hydrogen-bond acceptors (Lipinski definition) is 4. The second-order valence-corrected chi connectivity index (χ2v) is 6.42. The number of carbonyl (C=O) groups is 1. The van der Waals surface area contributed by atoms with Gasteiger partial charge in [-0.2, -0.15) is 0 Å². The standard InChI is InChI=1S/C14H16O2.C4H11N.2C2H6.CH2O/c15-8-7-14(16)10-11-5-6-12-3-1-2-4-13(12)9-11;1-4(2,3)5;3*1-2/h1-6,9,14-16H,7-8,10H2;5H2,1-3H3;2*1-2H3;1H2. The smallest absolute Gasteiger partial charge is 0.106 e. The van der Waals surface area contributed by atoms with Crippen molar-refractivity contribution in [1.82, 2.24) is 0 Å². The number of aliphatic hydroxyl groups is 2. The van der Waals surface area contributed by atoms with Crippen LogP contribution >= 0.6 is 0 Å². The summed E-state index contributed by atoms with van der Waals surface area (Å²) in [7, 11) is 0. The fourth-order valence-electron chi connectivity index (χ4n) is 1.89. The summed E-state index contributed by atoms with van der Waals surface area (Å²) >= 11 is 0. The predicted octanol–water partition coefficient (Wildman–Crippen LogP) is 4.74. The first-order chi connectivity index (χ1) is 12.8. The number of nitrogens with two attached hydrogens (primary N) is 1. The van der Waals surface area contributed by atoms with Crippen LogP contribution in [0.3, 0.4) is 0 Å². The molecule has 0 aliphatic carbocycles. The maximum atomic E-state index is 9.61. The van der Waals surface area contributed by atoms with Crippen LogP contribution in [0.25, 0.3) is 10.8 Å². The van der Waals surface area contributed by atoms with E-state index in [0.717, 1.165) is 5.56 Å². The molecule has 4 heteroatoms. The lowest BCUT2D eigenvalue weighted by Gasteiger charge is -2.09. The van der Waals surface area contributed by atoms with Gasteiger partial charge in [0.05, 0.1) is 6.10 Å². The van der Waals surface area contributed by atoms with Crippen LogP contribution < -0.4 is 5.73 Å². The highest BCUT2D eigenvalue weighted by Crippen LogP contribution is 2.17. The Hall–Kier alpha value is -1.75. The monoisotopic (exact) mass is 379 g/mol. The van der Waals surface area contributed by atoms with E-state index < -0.39 is 6.10 Å². The van der Waals surface area contributed by atoms with Crippen molar-refractivity contribution < 1.29 is 15.0 Å². The Labute approximate surface area is 166 Å². The average Bonchev–Trinajstić information content (AvgIpc) is 2.65. The van der Waals surface area contributed by atoms with E-state index in [-0.39, 0.29) is 12.1 Å². The largest absolute Gasteiger partial charge is 0.396 e. The lowest BCUT2D eigenvalue weighted by atomic mass is 10.0. The number of aliphatic hydroxyl groups excluding tert-OH is 2. The first-order valence-corrected chi connectivity index (χ1v) is 9.64. The normalized spacial score (nSPS) is 10.4. The van der Waals surface area contributed by atoms with E-state index in [2.05, 4.69) is 24.3 Å². The SMILES string of the molecule is C=O.CC.CC.CC(C)(C)N.OCCC(O)Cc1ccc2ccccc2c1. The van der Waals surface area contributed by atoms with E-state index >= 15 is 0 Å². The molecule has 1 atom stereocenters. The van der Waals surface area contributed by atoms with Crippen LogP contribution in [0.1, 0.15) is 60.5 Å². The Kier molecular flexibility index (Phi) is 21.1. The van der Waals surface area contributed by atoms with E-state index in [1.165, 1.54) is 10.8 Å². The molecule has 156 valence electrons. The third-order valence-electron chi connectivity index (χ3n) is 2.75.